The Morgan fingerprint density at radius 2 is 1.69 bits per heavy atom. The van der Waals surface area contributed by atoms with Crippen molar-refractivity contribution in [3.05, 3.63) is 109 Å². The van der Waals surface area contributed by atoms with Crippen LogP contribution in [0.1, 0.15) is 18.4 Å². The van der Waals surface area contributed by atoms with Crippen LogP contribution >= 0.6 is 0 Å². The van der Waals surface area contributed by atoms with Gasteiger partial charge in [-0.2, -0.15) is 4.31 Å². The molecule has 42 heavy (non-hydrogen) atoms. The van der Waals surface area contributed by atoms with Crippen LogP contribution in [-0.2, 0) is 16.6 Å². The van der Waals surface area contributed by atoms with E-state index in [1.54, 1.807) is 59.2 Å². The summed E-state index contributed by atoms with van der Waals surface area (Å²) in [5.74, 6) is 0.0476. The van der Waals surface area contributed by atoms with Crippen molar-refractivity contribution in [1.82, 2.24) is 24.2 Å². The van der Waals surface area contributed by atoms with Gasteiger partial charge in [0.1, 0.15) is 5.82 Å². The lowest BCUT2D eigenvalue weighted by molar-refractivity contribution is 0.162. The fourth-order valence-electron chi connectivity index (χ4n) is 5.34. The van der Waals surface area contributed by atoms with Gasteiger partial charge in [0.15, 0.2) is 0 Å². The Kier molecular flexibility index (Phi) is 7.92. The molecule has 6 rings (SSSR count). The Morgan fingerprint density at radius 1 is 0.929 bits per heavy atom. The smallest absolute Gasteiger partial charge is 0.243 e. The third-order valence-electron chi connectivity index (χ3n) is 7.69. The van der Waals surface area contributed by atoms with Crippen molar-refractivity contribution < 1.29 is 12.8 Å². The lowest BCUT2D eigenvalue weighted by Gasteiger charge is -2.36. The Balaban J connectivity index is 1.06. The van der Waals surface area contributed by atoms with Gasteiger partial charge >= 0.3 is 0 Å². The maximum absolute atomic E-state index is 13.4. The first-order valence-electron chi connectivity index (χ1n) is 13.9. The second kappa shape index (κ2) is 11.9. The molecule has 1 saturated heterocycles. The van der Waals surface area contributed by atoms with Crippen LogP contribution in [0.4, 0.5) is 16.0 Å². The average Bonchev–Trinajstić information content (AvgIpc) is 3.02. The van der Waals surface area contributed by atoms with Gasteiger partial charge in [0.2, 0.25) is 16.0 Å². The molecule has 0 spiro atoms. The number of benzene rings is 3. The van der Waals surface area contributed by atoms with E-state index in [1.165, 1.54) is 17.7 Å². The van der Waals surface area contributed by atoms with Gasteiger partial charge in [0.25, 0.3) is 0 Å². The molecular weight excluding hydrogens is 551 g/mol. The van der Waals surface area contributed by atoms with Gasteiger partial charge in [-0.15, -0.1) is 0 Å². The Hall–Kier alpha value is -4.25. The molecule has 0 radical (unpaired) electrons. The molecule has 0 aliphatic carbocycles. The molecule has 3 heterocycles. The van der Waals surface area contributed by atoms with Crippen LogP contribution in [0.25, 0.3) is 22.2 Å². The number of hydrogen-bond acceptors (Lipinski definition) is 7. The molecule has 0 atom stereocenters. The number of anilines is 2. The highest BCUT2D eigenvalue weighted by Gasteiger charge is 2.30. The van der Waals surface area contributed by atoms with E-state index in [9.17, 15) is 12.8 Å². The number of pyridine rings is 1. The number of hydrogen-bond donors (Lipinski definition) is 1. The fraction of sp³-hybridized carbons (Fsp3) is 0.219. The lowest BCUT2D eigenvalue weighted by Crippen LogP contribution is -2.45. The predicted octanol–water partition coefficient (Wildman–Crippen LogP) is 5.86. The zero-order chi connectivity index (χ0) is 29.1. The van der Waals surface area contributed by atoms with Crippen LogP contribution in [0, 0.1) is 5.82 Å². The number of nitrogens with zero attached hydrogens (tertiary/aromatic N) is 5. The monoisotopic (exact) mass is 582 g/mol. The Morgan fingerprint density at radius 3 is 2.45 bits per heavy atom. The third kappa shape index (κ3) is 6.15. The van der Waals surface area contributed by atoms with Crippen LogP contribution < -0.4 is 5.32 Å². The third-order valence-corrected chi connectivity index (χ3v) is 9.61. The van der Waals surface area contributed by atoms with E-state index in [0.717, 1.165) is 35.9 Å². The molecule has 0 saturated carbocycles. The Bertz CT molecular complexity index is 1790. The van der Waals surface area contributed by atoms with E-state index in [0.29, 0.717) is 36.5 Å². The highest BCUT2D eigenvalue weighted by Crippen LogP contribution is 2.26. The van der Waals surface area contributed by atoms with Crippen molar-refractivity contribution in [2.45, 2.75) is 30.3 Å². The van der Waals surface area contributed by atoms with E-state index in [1.807, 2.05) is 6.07 Å². The minimum Gasteiger partial charge on any atom is -0.324 e. The molecule has 1 aliphatic rings. The number of halogens is 1. The van der Waals surface area contributed by atoms with Crippen molar-refractivity contribution in [2.75, 3.05) is 25.5 Å². The molecular formula is C32H31FN6O2S. The van der Waals surface area contributed by atoms with Crippen molar-refractivity contribution in [3.63, 3.8) is 0 Å². The number of rotatable bonds is 8. The molecule has 1 fully saturated rings. The van der Waals surface area contributed by atoms with Crippen molar-refractivity contribution in [2.24, 2.45) is 0 Å². The predicted molar refractivity (Wildman–Crippen MR) is 162 cm³/mol. The molecule has 10 heteroatoms. The van der Waals surface area contributed by atoms with E-state index in [2.05, 4.69) is 56.5 Å². The van der Waals surface area contributed by atoms with Crippen molar-refractivity contribution >= 4 is 32.6 Å². The quantitative estimate of drug-likeness (QED) is 0.245. The summed E-state index contributed by atoms with van der Waals surface area (Å²) in [5, 5.41) is 4.24. The molecule has 5 aromatic rings. The zero-order valence-corrected chi connectivity index (χ0v) is 24.0. The van der Waals surface area contributed by atoms with Crippen LogP contribution in [0.5, 0.6) is 0 Å². The van der Waals surface area contributed by atoms with Gasteiger partial charge < -0.3 is 5.32 Å². The van der Waals surface area contributed by atoms with Gasteiger partial charge in [0.05, 0.1) is 16.1 Å². The van der Waals surface area contributed by atoms with Gasteiger partial charge in [0, 0.05) is 54.7 Å². The number of fused-ring (bicyclic) bond motifs is 1. The fourth-order valence-corrected chi connectivity index (χ4v) is 6.81. The molecule has 2 aromatic heterocycles. The average molecular weight is 583 g/mol. The standard InChI is InChI=1S/C32H31FN6O2S/c1-38(22-23-4-5-24-3-2-17-34-31(24)21-23)28-15-19-39(20-16-28)42(40,41)29-12-10-27(11-13-29)36-32-35-18-14-30(37-32)25-6-8-26(33)9-7-25/h2-14,17-18,21,28H,15-16,19-20,22H2,1H3,(H,35,36,37). The molecule has 8 nitrogen and oxygen atoms in total. The van der Waals surface area contributed by atoms with Crippen LogP contribution in [0.2, 0.25) is 0 Å². The van der Waals surface area contributed by atoms with Gasteiger partial charge in [-0.25, -0.2) is 22.8 Å². The van der Waals surface area contributed by atoms with E-state index < -0.39 is 10.0 Å². The van der Waals surface area contributed by atoms with Gasteiger partial charge in [-0.05, 0) is 92.2 Å². The molecule has 1 aliphatic heterocycles. The second-order valence-electron chi connectivity index (χ2n) is 10.5. The zero-order valence-electron chi connectivity index (χ0n) is 23.2. The number of sulfonamides is 1. The van der Waals surface area contributed by atoms with Crippen molar-refractivity contribution in [1.29, 1.82) is 0 Å². The summed E-state index contributed by atoms with van der Waals surface area (Å²) < 4.78 is 41.7. The van der Waals surface area contributed by atoms with E-state index in [4.69, 9.17) is 0 Å². The normalized spacial score (nSPS) is 14.8. The molecule has 0 amide bonds. The molecule has 1 N–H and O–H groups in total. The highest BCUT2D eigenvalue weighted by molar-refractivity contribution is 7.89. The van der Waals surface area contributed by atoms with E-state index in [-0.39, 0.29) is 10.7 Å². The SMILES string of the molecule is CN(Cc1ccc2cccnc2c1)C1CCN(S(=O)(=O)c2ccc(Nc3nccc(-c4ccc(F)cc4)n3)cc2)CC1. The van der Waals surface area contributed by atoms with E-state index >= 15 is 0 Å². The van der Waals surface area contributed by atoms with Gasteiger partial charge in [-0.3, -0.25) is 9.88 Å². The number of aromatic nitrogens is 3. The Labute approximate surface area is 244 Å². The summed E-state index contributed by atoms with van der Waals surface area (Å²) in [6.45, 7) is 1.73. The maximum Gasteiger partial charge on any atom is 0.243 e. The topological polar surface area (TPSA) is 91.3 Å². The second-order valence-corrected chi connectivity index (χ2v) is 12.4. The van der Waals surface area contributed by atoms with Crippen molar-refractivity contribution in [3.8, 4) is 11.3 Å². The van der Waals surface area contributed by atoms with Crippen LogP contribution in [-0.4, -0.2) is 58.8 Å². The molecule has 0 unspecified atom stereocenters. The largest absolute Gasteiger partial charge is 0.324 e. The minimum absolute atomic E-state index is 0.254. The summed E-state index contributed by atoms with van der Waals surface area (Å²) in [4.78, 5) is 15.8. The molecule has 0 bridgehead atoms. The van der Waals surface area contributed by atoms with Crippen LogP contribution in [0.15, 0.2) is 102 Å². The first-order chi connectivity index (χ1) is 20.3. The lowest BCUT2D eigenvalue weighted by atomic mass is 10.0. The summed E-state index contributed by atoms with van der Waals surface area (Å²) in [6, 6.07) is 25.1. The summed E-state index contributed by atoms with van der Waals surface area (Å²) in [7, 11) is -1.51. The first kappa shape index (κ1) is 27.9. The molecule has 3 aromatic carbocycles. The van der Waals surface area contributed by atoms with Gasteiger partial charge in [-0.1, -0.05) is 18.2 Å². The first-order valence-corrected chi connectivity index (χ1v) is 15.3. The summed E-state index contributed by atoms with van der Waals surface area (Å²) in [6.07, 6.45) is 4.96. The summed E-state index contributed by atoms with van der Waals surface area (Å²) >= 11 is 0. The summed E-state index contributed by atoms with van der Waals surface area (Å²) in [5.41, 5.74) is 4.25. The minimum atomic E-state index is -3.61. The molecule has 214 valence electrons. The number of piperidine rings is 1. The maximum atomic E-state index is 13.4. The van der Waals surface area contributed by atoms with Crippen LogP contribution in [0.3, 0.4) is 0 Å². The highest BCUT2D eigenvalue weighted by atomic mass is 32.2. The number of nitrogens with one attached hydrogen (secondary N) is 1.